The first-order chi connectivity index (χ1) is 9.91. The molecule has 1 amide bonds. The average Bonchev–Trinajstić information content (AvgIpc) is 2.46. The zero-order valence-corrected chi connectivity index (χ0v) is 14.8. The van der Waals surface area contributed by atoms with Crippen LogP contribution in [-0.4, -0.2) is 17.9 Å². The fraction of sp³-hybridized carbons (Fsp3) is 0.188. The second-order valence-electron chi connectivity index (χ2n) is 4.79. The van der Waals surface area contributed by atoms with E-state index in [-0.39, 0.29) is 5.91 Å². The van der Waals surface area contributed by atoms with E-state index in [4.69, 9.17) is 23.2 Å². The third kappa shape index (κ3) is 3.60. The summed E-state index contributed by atoms with van der Waals surface area (Å²) in [7, 11) is 1.75. The normalized spacial score (nSPS) is 10.5. The zero-order valence-electron chi connectivity index (χ0n) is 11.7. The monoisotopic (exact) mass is 385 g/mol. The highest BCUT2D eigenvalue weighted by atomic mass is 79.9. The molecule has 0 saturated heterocycles. The predicted molar refractivity (Wildman–Crippen MR) is 91.1 cm³/mol. The van der Waals surface area contributed by atoms with Crippen molar-refractivity contribution in [2.75, 3.05) is 7.05 Å². The topological polar surface area (TPSA) is 20.3 Å². The van der Waals surface area contributed by atoms with Gasteiger partial charge in [-0.3, -0.25) is 4.79 Å². The number of hydrogen-bond donors (Lipinski definition) is 0. The molecule has 0 aliphatic heterocycles. The van der Waals surface area contributed by atoms with Crippen molar-refractivity contribution in [2.24, 2.45) is 0 Å². The Labute approximate surface area is 142 Å². The van der Waals surface area contributed by atoms with Gasteiger partial charge >= 0.3 is 0 Å². The van der Waals surface area contributed by atoms with Crippen LogP contribution in [0.5, 0.6) is 0 Å². The van der Waals surface area contributed by atoms with Gasteiger partial charge in [-0.15, -0.1) is 0 Å². The van der Waals surface area contributed by atoms with Gasteiger partial charge in [-0.2, -0.15) is 0 Å². The largest absolute Gasteiger partial charge is 0.337 e. The van der Waals surface area contributed by atoms with Crippen LogP contribution in [0.3, 0.4) is 0 Å². The maximum atomic E-state index is 12.5. The van der Waals surface area contributed by atoms with Gasteiger partial charge in [-0.05, 0) is 36.2 Å². The Kier molecular flexibility index (Phi) is 5.31. The van der Waals surface area contributed by atoms with Crippen LogP contribution in [0, 0.1) is 6.92 Å². The Bertz CT molecular complexity index is 688. The molecule has 0 bridgehead atoms. The van der Waals surface area contributed by atoms with Crippen molar-refractivity contribution in [3.63, 3.8) is 0 Å². The maximum Gasteiger partial charge on any atom is 0.254 e. The lowest BCUT2D eigenvalue weighted by Gasteiger charge is -2.19. The fourth-order valence-corrected chi connectivity index (χ4v) is 2.79. The Morgan fingerprint density at radius 2 is 1.86 bits per heavy atom. The van der Waals surface area contributed by atoms with Gasteiger partial charge < -0.3 is 4.90 Å². The summed E-state index contributed by atoms with van der Waals surface area (Å²) < 4.78 is 0.919. The summed E-state index contributed by atoms with van der Waals surface area (Å²) >= 11 is 15.6. The highest BCUT2D eigenvalue weighted by molar-refractivity contribution is 9.10. The summed E-state index contributed by atoms with van der Waals surface area (Å²) in [5.41, 5.74) is 2.42. The molecule has 2 nitrogen and oxygen atoms in total. The van der Waals surface area contributed by atoms with Crippen LogP contribution in [0.25, 0.3) is 0 Å². The smallest absolute Gasteiger partial charge is 0.254 e. The van der Waals surface area contributed by atoms with E-state index in [0.29, 0.717) is 22.2 Å². The van der Waals surface area contributed by atoms with Crippen molar-refractivity contribution >= 4 is 45.0 Å². The minimum atomic E-state index is -0.0511. The summed E-state index contributed by atoms with van der Waals surface area (Å²) in [5.74, 6) is -0.0511. The maximum absolute atomic E-state index is 12.5. The molecule has 2 aromatic rings. The molecule has 0 radical (unpaired) electrons. The standard InChI is InChI=1S/C16H14BrCl2NO/c1-10-12(6-4-7-13(10)17)16(21)20(2)9-11-5-3-8-14(18)15(11)19/h3-8H,9H2,1-2H3. The van der Waals surface area contributed by atoms with Crippen LogP contribution in [0.2, 0.25) is 10.0 Å². The molecule has 2 aromatic carbocycles. The molecule has 110 valence electrons. The lowest BCUT2D eigenvalue weighted by molar-refractivity contribution is 0.0784. The molecule has 0 aliphatic carbocycles. The quantitative estimate of drug-likeness (QED) is 0.697. The molecule has 0 heterocycles. The summed E-state index contributed by atoms with van der Waals surface area (Å²) in [6, 6.07) is 11.0. The van der Waals surface area contributed by atoms with E-state index < -0.39 is 0 Å². The van der Waals surface area contributed by atoms with E-state index in [1.54, 1.807) is 18.0 Å². The Hall–Kier alpha value is -1.03. The zero-order chi connectivity index (χ0) is 15.6. The molecular formula is C16H14BrCl2NO. The van der Waals surface area contributed by atoms with Gasteiger partial charge in [0.2, 0.25) is 0 Å². The van der Waals surface area contributed by atoms with Crippen molar-refractivity contribution in [1.82, 2.24) is 4.90 Å². The van der Waals surface area contributed by atoms with E-state index in [2.05, 4.69) is 15.9 Å². The molecule has 0 spiro atoms. The van der Waals surface area contributed by atoms with Crippen LogP contribution in [0.15, 0.2) is 40.9 Å². The van der Waals surface area contributed by atoms with Gasteiger partial charge in [0.15, 0.2) is 0 Å². The van der Waals surface area contributed by atoms with Gasteiger partial charge in [-0.1, -0.05) is 57.3 Å². The third-order valence-corrected chi connectivity index (χ3v) is 5.00. The van der Waals surface area contributed by atoms with E-state index >= 15 is 0 Å². The minimum Gasteiger partial charge on any atom is -0.337 e. The van der Waals surface area contributed by atoms with Crippen molar-refractivity contribution in [1.29, 1.82) is 0 Å². The van der Waals surface area contributed by atoms with E-state index in [9.17, 15) is 4.79 Å². The van der Waals surface area contributed by atoms with Gasteiger partial charge in [0.25, 0.3) is 5.91 Å². The SMILES string of the molecule is Cc1c(Br)cccc1C(=O)N(C)Cc1cccc(Cl)c1Cl. The van der Waals surface area contributed by atoms with Crippen molar-refractivity contribution < 1.29 is 4.79 Å². The number of benzene rings is 2. The summed E-state index contributed by atoms with van der Waals surface area (Å²) in [4.78, 5) is 14.2. The first-order valence-electron chi connectivity index (χ1n) is 6.35. The number of halogens is 3. The molecule has 0 atom stereocenters. The molecule has 0 aromatic heterocycles. The van der Waals surface area contributed by atoms with E-state index in [0.717, 1.165) is 15.6 Å². The van der Waals surface area contributed by atoms with Crippen molar-refractivity contribution in [3.8, 4) is 0 Å². The van der Waals surface area contributed by atoms with Crippen molar-refractivity contribution in [3.05, 3.63) is 67.6 Å². The summed E-state index contributed by atoms with van der Waals surface area (Å²) in [6.45, 7) is 2.32. The Morgan fingerprint density at radius 1 is 1.19 bits per heavy atom. The van der Waals surface area contributed by atoms with E-state index in [1.165, 1.54) is 0 Å². The number of hydrogen-bond acceptors (Lipinski definition) is 1. The summed E-state index contributed by atoms with van der Waals surface area (Å²) in [5, 5.41) is 0.985. The fourth-order valence-electron chi connectivity index (χ4n) is 2.04. The number of rotatable bonds is 3. The first kappa shape index (κ1) is 16.3. The predicted octanol–water partition coefficient (Wildman–Crippen LogP) is 5.34. The average molecular weight is 387 g/mol. The highest BCUT2D eigenvalue weighted by Crippen LogP contribution is 2.27. The Morgan fingerprint density at radius 3 is 2.57 bits per heavy atom. The van der Waals surface area contributed by atoms with Crippen LogP contribution < -0.4 is 0 Å². The Balaban J connectivity index is 2.24. The molecule has 2 rings (SSSR count). The number of carbonyl (C=O) groups excluding carboxylic acids is 1. The first-order valence-corrected chi connectivity index (χ1v) is 7.90. The van der Waals surface area contributed by atoms with Crippen LogP contribution >= 0.6 is 39.1 Å². The van der Waals surface area contributed by atoms with Crippen LogP contribution in [0.4, 0.5) is 0 Å². The lowest BCUT2D eigenvalue weighted by atomic mass is 10.1. The number of nitrogens with zero attached hydrogens (tertiary/aromatic N) is 1. The molecule has 5 heteroatoms. The van der Waals surface area contributed by atoms with Gasteiger partial charge in [-0.25, -0.2) is 0 Å². The third-order valence-electron chi connectivity index (χ3n) is 3.28. The highest BCUT2D eigenvalue weighted by Gasteiger charge is 2.17. The van der Waals surface area contributed by atoms with Gasteiger partial charge in [0.05, 0.1) is 10.0 Å². The second kappa shape index (κ2) is 6.82. The van der Waals surface area contributed by atoms with Gasteiger partial charge in [0.1, 0.15) is 0 Å². The molecule has 0 saturated carbocycles. The van der Waals surface area contributed by atoms with Crippen LogP contribution in [0.1, 0.15) is 21.5 Å². The molecule has 21 heavy (non-hydrogen) atoms. The number of carbonyl (C=O) groups is 1. The second-order valence-corrected chi connectivity index (χ2v) is 6.43. The van der Waals surface area contributed by atoms with Crippen LogP contribution in [-0.2, 0) is 6.54 Å². The number of amides is 1. The summed E-state index contributed by atoms with van der Waals surface area (Å²) in [6.07, 6.45) is 0. The van der Waals surface area contributed by atoms with E-state index in [1.807, 2.05) is 37.3 Å². The minimum absolute atomic E-state index is 0.0511. The molecular weight excluding hydrogens is 373 g/mol. The molecule has 0 N–H and O–H groups in total. The molecule has 0 fully saturated rings. The molecule has 0 unspecified atom stereocenters. The lowest BCUT2D eigenvalue weighted by Crippen LogP contribution is -2.27. The van der Waals surface area contributed by atoms with Crippen molar-refractivity contribution in [2.45, 2.75) is 13.5 Å². The van der Waals surface area contributed by atoms with Gasteiger partial charge in [0, 0.05) is 23.6 Å². The molecule has 0 aliphatic rings.